The van der Waals surface area contributed by atoms with Gasteiger partial charge < -0.3 is 9.97 Å². The molecule has 2 heterocycles. The normalized spacial score (nSPS) is 11.0. The standard InChI is InChI=1S/C16H14N4S.2CH4O3S/c1-2-6-12-11(5-1)17-15(18-12)9-10-21-16-19-13-7-3-4-8-14(13)20-16;1-5(2,3)4;1-5-4-3-2/h1-8H,9-10H2,(H,17,18)(H,19,20);1H3,(H,2,3,4);2H,1H3. The maximum atomic E-state index is 9.19. The van der Waals surface area contributed by atoms with Crippen molar-refractivity contribution in [2.24, 2.45) is 0 Å². The molecule has 0 unspecified atom stereocenters. The molecule has 0 aliphatic heterocycles. The van der Waals surface area contributed by atoms with Crippen molar-refractivity contribution in [3.8, 4) is 0 Å². The summed E-state index contributed by atoms with van der Waals surface area (Å²) in [7, 11) is -3.67. The second kappa shape index (κ2) is 12.7. The number of nitrogens with zero attached hydrogens (tertiary/aromatic N) is 2. The van der Waals surface area contributed by atoms with E-state index in [0.717, 1.165) is 57.3 Å². The number of hydrogen-bond donors (Lipinski definition) is 4. The molecule has 168 valence electrons. The van der Waals surface area contributed by atoms with Crippen LogP contribution in [0.2, 0.25) is 0 Å². The fraction of sp³-hybridized carbons (Fsp3) is 0.222. The summed E-state index contributed by atoms with van der Waals surface area (Å²) in [4.78, 5) is 15.8. The van der Waals surface area contributed by atoms with Gasteiger partial charge in [0.1, 0.15) is 5.82 Å². The number of hydrogen-bond acceptors (Lipinski definition) is 9. The molecular formula is C18H22N4O6S3. The molecule has 0 atom stereocenters. The molecule has 31 heavy (non-hydrogen) atoms. The van der Waals surface area contributed by atoms with Crippen molar-refractivity contribution in [2.45, 2.75) is 11.6 Å². The van der Waals surface area contributed by atoms with E-state index in [0.29, 0.717) is 6.26 Å². The second-order valence-electron chi connectivity index (χ2n) is 5.90. The third-order valence-electron chi connectivity index (χ3n) is 3.48. The first kappa shape index (κ1) is 25.1. The third-order valence-corrected chi connectivity index (χ3v) is 4.55. The summed E-state index contributed by atoms with van der Waals surface area (Å²) in [5.41, 5.74) is 4.23. The van der Waals surface area contributed by atoms with Crippen molar-refractivity contribution in [3.05, 3.63) is 54.4 Å². The molecule has 4 rings (SSSR count). The third kappa shape index (κ3) is 9.69. The fourth-order valence-corrected chi connectivity index (χ4v) is 3.29. The number of aromatic amines is 2. The summed E-state index contributed by atoms with van der Waals surface area (Å²) in [6.45, 7) is 0. The Bertz CT molecular complexity index is 1030. The highest BCUT2D eigenvalue weighted by Crippen LogP contribution is 2.20. The molecule has 13 heteroatoms. The number of aryl methyl sites for hydroxylation is 1. The highest BCUT2D eigenvalue weighted by molar-refractivity contribution is 7.99. The number of aromatic nitrogens is 4. The van der Waals surface area contributed by atoms with Crippen LogP contribution in [0, 0.1) is 0 Å². The van der Waals surface area contributed by atoms with Crippen LogP contribution in [0.1, 0.15) is 5.82 Å². The summed E-state index contributed by atoms with van der Waals surface area (Å²) in [5.74, 6) is 1.97. The quantitative estimate of drug-likeness (QED) is 0.104. The first-order valence-corrected chi connectivity index (χ1v) is 12.7. The van der Waals surface area contributed by atoms with Crippen molar-refractivity contribution in [2.75, 3.05) is 18.3 Å². The van der Waals surface area contributed by atoms with E-state index < -0.39 is 10.1 Å². The minimum absolute atomic E-state index is 0.715. The SMILES string of the molecule is CS(=O)(=O)O.CSOOO.c1ccc2[nH]c(CCSc3nc4ccccc4[nH]3)nc2c1. The first-order valence-electron chi connectivity index (χ1n) is 8.74. The Morgan fingerprint density at radius 2 is 1.55 bits per heavy atom. The Morgan fingerprint density at radius 3 is 2.03 bits per heavy atom. The number of H-pyrrole nitrogens is 2. The van der Waals surface area contributed by atoms with E-state index in [1.54, 1.807) is 18.0 Å². The van der Waals surface area contributed by atoms with Crippen LogP contribution in [0.15, 0.2) is 53.7 Å². The number of benzene rings is 2. The van der Waals surface area contributed by atoms with Crippen LogP contribution in [0.5, 0.6) is 0 Å². The van der Waals surface area contributed by atoms with Gasteiger partial charge in [-0.05, 0) is 24.3 Å². The van der Waals surface area contributed by atoms with Gasteiger partial charge >= 0.3 is 0 Å². The molecule has 0 saturated heterocycles. The van der Waals surface area contributed by atoms with Crippen LogP contribution in [-0.2, 0) is 25.9 Å². The first-order chi connectivity index (χ1) is 14.8. The molecule has 10 nitrogen and oxygen atoms in total. The summed E-state index contributed by atoms with van der Waals surface area (Å²) < 4.78 is 29.7. The van der Waals surface area contributed by atoms with Gasteiger partial charge in [0.05, 0.1) is 28.3 Å². The topological polar surface area (TPSA) is 150 Å². The molecule has 0 bridgehead atoms. The van der Waals surface area contributed by atoms with Crippen LogP contribution in [0.4, 0.5) is 0 Å². The van der Waals surface area contributed by atoms with Crippen LogP contribution >= 0.6 is 23.8 Å². The lowest BCUT2D eigenvalue weighted by molar-refractivity contribution is -0.432. The van der Waals surface area contributed by atoms with Gasteiger partial charge in [-0.1, -0.05) is 41.1 Å². The Morgan fingerprint density at radius 1 is 1.00 bits per heavy atom. The average molecular weight is 487 g/mol. The molecule has 4 aromatic rings. The second-order valence-corrected chi connectivity index (χ2v) is 8.92. The molecule has 2 aromatic carbocycles. The molecule has 0 amide bonds. The van der Waals surface area contributed by atoms with Gasteiger partial charge in [-0.25, -0.2) is 15.2 Å². The molecular weight excluding hydrogens is 464 g/mol. The molecule has 0 fully saturated rings. The van der Waals surface area contributed by atoms with E-state index in [2.05, 4.69) is 35.4 Å². The predicted molar refractivity (Wildman–Crippen MR) is 122 cm³/mol. The lowest BCUT2D eigenvalue weighted by Crippen LogP contribution is -1.91. The van der Waals surface area contributed by atoms with Crippen LogP contribution in [-0.4, -0.2) is 56.4 Å². The Balaban J connectivity index is 0.000000289. The minimum atomic E-state index is -3.67. The largest absolute Gasteiger partial charge is 0.342 e. The summed E-state index contributed by atoms with van der Waals surface area (Å²) in [6, 6.07) is 16.2. The van der Waals surface area contributed by atoms with Gasteiger partial charge in [-0.2, -0.15) is 8.42 Å². The zero-order valence-electron chi connectivity index (χ0n) is 16.7. The van der Waals surface area contributed by atoms with Gasteiger partial charge in [0.2, 0.25) is 0 Å². The number of fused-ring (bicyclic) bond motifs is 2. The van der Waals surface area contributed by atoms with Crippen molar-refractivity contribution in [1.82, 2.24) is 19.9 Å². The van der Waals surface area contributed by atoms with Gasteiger partial charge in [0.15, 0.2) is 5.16 Å². The zero-order chi connectivity index (χ0) is 22.7. The van der Waals surface area contributed by atoms with Crippen molar-refractivity contribution < 1.29 is 27.6 Å². The monoisotopic (exact) mass is 486 g/mol. The van der Waals surface area contributed by atoms with Crippen molar-refractivity contribution in [3.63, 3.8) is 0 Å². The minimum Gasteiger partial charge on any atom is -0.342 e. The van der Waals surface area contributed by atoms with Gasteiger partial charge in [0.25, 0.3) is 10.1 Å². The van der Waals surface area contributed by atoms with E-state index in [-0.39, 0.29) is 0 Å². The molecule has 0 spiro atoms. The summed E-state index contributed by atoms with van der Waals surface area (Å²) in [6.07, 6.45) is 3.24. The van der Waals surface area contributed by atoms with E-state index in [1.165, 1.54) is 0 Å². The molecule has 0 aliphatic carbocycles. The Labute approximate surface area is 187 Å². The van der Waals surface area contributed by atoms with Gasteiger partial charge in [-0.15, -0.1) is 4.33 Å². The number of imidazole rings is 2. The molecule has 2 aromatic heterocycles. The van der Waals surface area contributed by atoms with E-state index in [9.17, 15) is 8.42 Å². The lowest BCUT2D eigenvalue weighted by Gasteiger charge is -1.95. The highest BCUT2D eigenvalue weighted by atomic mass is 32.2. The highest BCUT2D eigenvalue weighted by Gasteiger charge is 2.05. The van der Waals surface area contributed by atoms with Crippen molar-refractivity contribution in [1.29, 1.82) is 0 Å². The summed E-state index contributed by atoms with van der Waals surface area (Å²) in [5, 5.41) is 11.4. The summed E-state index contributed by atoms with van der Waals surface area (Å²) >= 11 is 2.65. The van der Waals surface area contributed by atoms with Gasteiger partial charge in [-0.3, -0.25) is 4.55 Å². The number of thioether (sulfide) groups is 1. The van der Waals surface area contributed by atoms with E-state index >= 15 is 0 Å². The van der Waals surface area contributed by atoms with Crippen LogP contribution in [0.3, 0.4) is 0 Å². The Hall–Kier alpha value is -2.13. The maximum Gasteiger partial charge on any atom is 0.261 e. The number of nitrogens with one attached hydrogen (secondary N) is 2. The predicted octanol–water partition coefficient (Wildman–Crippen LogP) is 3.96. The molecule has 0 saturated carbocycles. The lowest BCUT2D eigenvalue weighted by atomic mass is 10.3. The number of para-hydroxylation sites is 4. The van der Waals surface area contributed by atoms with Gasteiger partial charge in [0, 0.05) is 30.5 Å². The van der Waals surface area contributed by atoms with Crippen LogP contribution < -0.4 is 0 Å². The molecule has 0 aliphatic rings. The average Bonchev–Trinajstić information content (AvgIpc) is 3.31. The number of rotatable bonds is 6. The van der Waals surface area contributed by atoms with Crippen molar-refractivity contribution >= 4 is 56.0 Å². The molecule has 0 radical (unpaired) electrons. The smallest absolute Gasteiger partial charge is 0.261 e. The zero-order valence-corrected chi connectivity index (χ0v) is 19.1. The van der Waals surface area contributed by atoms with E-state index in [1.807, 2.05) is 42.5 Å². The van der Waals surface area contributed by atoms with Crippen LogP contribution in [0.25, 0.3) is 22.1 Å². The maximum absolute atomic E-state index is 9.19. The fourth-order valence-electron chi connectivity index (χ4n) is 2.40. The Kier molecular flexibility index (Phi) is 10.3. The molecule has 4 N–H and O–H groups in total. The van der Waals surface area contributed by atoms with E-state index in [4.69, 9.17) is 9.81 Å².